The predicted molar refractivity (Wildman–Crippen MR) is 99.0 cm³/mol. The molecule has 2 N–H and O–H groups in total. The summed E-state index contributed by atoms with van der Waals surface area (Å²) in [6.07, 6.45) is 1.79. The average Bonchev–Trinajstić information content (AvgIpc) is 2.97. The summed E-state index contributed by atoms with van der Waals surface area (Å²) in [5.74, 6) is -0.886. The van der Waals surface area contributed by atoms with Crippen molar-refractivity contribution < 1.29 is 14.3 Å². The van der Waals surface area contributed by atoms with Gasteiger partial charge in [0.1, 0.15) is 0 Å². The molecular formula is C17H27NO3SSi. The Hall–Kier alpha value is -1.11. The van der Waals surface area contributed by atoms with Crippen LogP contribution in [0.1, 0.15) is 56.8 Å². The molecule has 0 aliphatic carbocycles. The monoisotopic (exact) mass is 353 g/mol. The Morgan fingerprint density at radius 1 is 1.22 bits per heavy atom. The zero-order chi connectivity index (χ0) is 17.4. The molecule has 0 spiro atoms. The molecule has 0 saturated heterocycles. The number of fused-ring (bicyclic) bond motifs is 1. The first-order chi connectivity index (χ1) is 10.7. The molecule has 128 valence electrons. The quantitative estimate of drug-likeness (QED) is 0.635. The van der Waals surface area contributed by atoms with E-state index >= 15 is 0 Å². The summed E-state index contributed by atoms with van der Waals surface area (Å²) in [6.45, 7) is 13.8. The minimum Gasteiger partial charge on any atom is -0.478 e. The number of carbonyl (C=O) groups is 1. The molecule has 0 aliphatic rings. The van der Waals surface area contributed by atoms with Gasteiger partial charge >= 0.3 is 5.97 Å². The highest BCUT2D eigenvalue weighted by atomic mass is 32.1. The van der Waals surface area contributed by atoms with Gasteiger partial charge in [0.05, 0.1) is 22.4 Å². The second kappa shape index (κ2) is 6.79. The van der Waals surface area contributed by atoms with Gasteiger partial charge in [-0.05, 0) is 22.7 Å². The Kier molecular flexibility index (Phi) is 5.38. The van der Waals surface area contributed by atoms with Crippen molar-refractivity contribution in [2.24, 2.45) is 0 Å². The van der Waals surface area contributed by atoms with Crippen LogP contribution in [0, 0.1) is 0 Å². The molecular weight excluding hydrogens is 326 g/mol. The number of hydrogen-bond donors (Lipinski definition) is 2. The van der Waals surface area contributed by atoms with Crippen LogP contribution in [0.3, 0.4) is 0 Å². The maximum Gasteiger partial charge on any atom is 0.339 e. The third kappa shape index (κ3) is 3.12. The molecule has 0 amide bonds. The summed E-state index contributed by atoms with van der Waals surface area (Å²) in [7, 11) is -1.99. The van der Waals surface area contributed by atoms with Crippen LogP contribution in [-0.2, 0) is 11.0 Å². The van der Waals surface area contributed by atoms with Gasteiger partial charge in [0.25, 0.3) is 0 Å². The van der Waals surface area contributed by atoms with Gasteiger partial charge < -0.3 is 14.5 Å². The van der Waals surface area contributed by atoms with E-state index in [-0.39, 0.29) is 0 Å². The fourth-order valence-electron chi connectivity index (χ4n) is 3.98. The minimum atomic E-state index is -1.99. The molecule has 0 atom stereocenters. The van der Waals surface area contributed by atoms with Gasteiger partial charge in [0.15, 0.2) is 0 Å². The molecule has 6 heteroatoms. The molecule has 4 nitrogen and oxygen atoms in total. The maximum atomic E-state index is 11.7. The Bertz CT molecular complexity index is 665. The third-order valence-electron chi connectivity index (χ3n) is 4.85. The lowest BCUT2D eigenvalue weighted by Crippen LogP contribution is -2.47. The first-order valence-electron chi connectivity index (χ1n) is 8.17. The zero-order valence-corrected chi connectivity index (χ0v) is 16.6. The number of rotatable bonds is 7. The number of aromatic carboxylic acids is 1. The van der Waals surface area contributed by atoms with Crippen LogP contribution in [0.2, 0.25) is 16.6 Å². The molecule has 0 radical (unpaired) electrons. The Balaban J connectivity index is 2.36. The van der Waals surface area contributed by atoms with E-state index in [1.807, 2.05) is 6.07 Å². The summed E-state index contributed by atoms with van der Waals surface area (Å²) >= 11 is 1.52. The third-order valence-corrected chi connectivity index (χ3v) is 12.0. The molecule has 2 aromatic heterocycles. The van der Waals surface area contributed by atoms with E-state index in [2.05, 4.69) is 46.5 Å². The van der Waals surface area contributed by atoms with Gasteiger partial charge in [0, 0.05) is 11.1 Å². The number of H-pyrrole nitrogens is 1. The maximum absolute atomic E-state index is 11.7. The van der Waals surface area contributed by atoms with Crippen LogP contribution in [0.25, 0.3) is 10.2 Å². The average molecular weight is 354 g/mol. The molecule has 2 heterocycles. The van der Waals surface area contributed by atoms with Gasteiger partial charge in [-0.2, -0.15) is 0 Å². The van der Waals surface area contributed by atoms with Crippen molar-refractivity contribution >= 4 is 35.8 Å². The van der Waals surface area contributed by atoms with E-state index in [0.29, 0.717) is 34.3 Å². The topological polar surface area (TPSA) is 62.3 Å². The smallest absolute Gasteiger partial charge is 0.339 e. The van der Waals surface area contributed by atoms with Crippen molar-refractivity contribution in [2.45, 2.75) is 64.8 Å². The number of aromatic nitrogens is 1. The number of carboxylic acid groups (broad SMARTS) is 1. The minimum absolute atomic E-state index is 0.370. The first kappa shape index (κ1) is 18.2. The summed E-state index contributed by atoms with van der Waals surface area (Å²) in [4.78, 5) is 15.5. The van der Waals surface area contributed by atoms with Gasteiger partial charge in [-0.25, -0.2) is 4.79 Å². The van der Waals surface area contributed by atoms with Gasteiger partial charge in [-0.1, -0.05) is 41.5 Å². The van der Waals surface area contributed by atoms with E-state index in [1.165, 1.54) is 11.3 Å². The second-order valence-corrected chi connectivity index (χ2v) is 13.6. The molecule has 23 heavy (non-hydrogen) atoms. The number of carboxylic acids is 1. The van der Waals surface area contributed by atoms with E-state index in [9.17, 15) is 9.90 Å². The van der Waals surface area contributed by atoms with Crippen LogP contribution < -0.4 is 0 Å². The summed E-state index contributed by atoms with van der Waals surface area (Å²) < 4.78 is 7.54. The molecule has 0 aliphatic heterocycles. The highest BCUT2D eigenvalue weighted by Crippen LogP contribution is 2.43. The Morgan fingerprint density at radius 3 is 2.26 bits per heavy atom. The van der Waals surface area contributed by atoms with Crippen LogP contribution in [0.15, 0.2) is 12.3 Å². The number of nitrogens with one attached hydrogen (secondary N) is 1. The van der Waals surface area contributed by atoms with Crippen LogP contribution in [0.5, 0.6) is 0 Å². The first-order valence-corrected chi connectivity index (χ1v) is 11.1. The Morgan fingerprint density at radius 2 is 1.78 bits per heavy atom. The Labute approximate surface area is 143 Å². The normalized spacial score (nSPS) is 12.9. The fraction of sp³-hybridized carbons (Fsp3) is 0.588. The van der Waals surface area contributed by atoms with Crippen LogP contribution in [-0.4, -0.2) is 24.4 Å². The van der Waals surface area contributed by atoms with Crippen molar-refractivity contribution in [2.75, 3.05) is 0 Å². The standard InChI is InChI=1S/C17H27NO3SSi/c1-10(2)23(11(3)4,12(5)6)21-9-14-15(17(19)20)16-13(22-14)7-8-18-16/h7-8,10-12,18H,9H2,1-6H3,(H,19,20). The lowest BCUT2D eigenvalue weighted by atomic mass is 10.2. The number of thiophene rings is 1. The van der Waals surface area contributed by atoms with Gasteiger partial charge in [-0.15, -0.1) is 11.3 Å². The van der Waals surface area contributed by atoms with Crippen LogP contribution in [0.4, 0.5) is 0 Å². The van der Waals surface area contributed by atoms with Crippen molar-refractivity contribution in [1.29, 1.82) is 0 Å². The lowest BCUT2D eigenvalue weighted by Gasteiger charge is -2.42. The summed E-state index contributed by atoms with van der Waals surface area (Å²) in [5.41, 5.74) is 2.54. The van der Waals surface area contributed by atoms with E-state index in [1.54, 1.807) is 6.20 Å². The number of hydrogen-bond acceptors (Lipinski definition) is 3. The molecule has 2 aromatic rings. The molecule has 0 fully saturated rings. The molecule has 0 bridgehead atoms. The fourth-order valence-corrected chi connectivity index (χ4v) is 10.5. The van der Waals surface area contributed by atoms with Gasteiger partial charge in [-0.3, -0.25) is 0 Å². The second-order valence-electron chi connectivity index (χ2n) is 7.03. The van der Waals surface area contributed by atoms with Crippen molar-refractivity contribution in [3.8, 4) is 0 Å². The van der Waals surface area contributed by atoms with E-state index < -0.39 is 14.3 Å². The predicted octanol–water partition coefficient (Wildman–Crippen LogP) is 5.62. The number of aromatic amines is 1. The van der Waals surface area contributed by atoms with Gasteiger partial charge in [0.2, 0.25) is 8.32 Å². The highest BCUT2D eigenvalue weighted by molar-refractivity contribution is 7.19. The SMILES string of the molecule is CC(C)[Si](OCc1sc2cc[nH]c2c1C(=O)O)(C(C)C)C(C)C. The van der Waals surface area contributed by atoms with E-state index in [4.69, 9.17) is 4.43 Å². The molecule has 0 unspecified atom stereocenters. The molecule has 2 rings (SSSR count). The van der Waals surface area contributed by atoms with Crippen molar-refractivity contribution in [1.82, 2.24) is 4.98 Å². The lowest BCUT2D eigenvalue weighted by molar-refractivity contribution is 0.0696. The summed E-state index contributed by atoms with van der Waals surface area (Å²) in [5, 5.41) is 9.57. The van der Waals surface area contributed by atoms with E-state index in [0.717, 1.165) is 9.58 Å². The zero-order valence-electron chi connectivity index (χ0n) is 14.8. The largest absolute Gasteiger partial charge is 0.478 e. The summed E-state index contributed by atoms with van der Waals surface area (Å²) in [6, 6.07) is 1.92. The molecule has 0 aromatic carbocycles. The van der Waals surface area contributed by atoms with Crippen molar-refractivity contribution in [3.05, 3.63) is 22.7 Å². The highest BCUT2D eigenvalue weighted by Gasteiger charge is 2.45. The van der Waals surface area contributed by atoms with Crippen LogP contribution >= 0.6 is 11.3 Å². The molecule has 0 saturated carbocycles. The van der Waals surface area contributed by atoms with Crippen molar-refractivity contribution in [3.63, 3.8) is 0 Å².